The molecule has 5 nitrogen and oxygen atoms in total. The summed E-state index contributed by atoms with van der Waals surface area (Å²) >= 11 is 0. The maximum atomic E-state index is 12.3. The van der Waals surface area contributed by atoms with Crippen LogP contribution in [-0.2, 0) is 17.8 Å². The van der Waals surface area contributed by atoms with Gasteiger partial charge in [-0.15, -0.1) is 0 Å². The molecule has 0 atom stereocenters. The highest BCUT2D eigenvalue weighted by Gasteiger charge is 2.13. The Morgan fingerprint density at radius 3 is 2.42 bits per heavy atom. The Morgan fingerprint density at radius 1 is 1.08 bits per heavy atom. The first kappa shape index (κ1) is 17.7. The lowest BCUT2D eigenvalue weighted by Gasteiger charge is -2.18. The minimum absolute atomic E-state index is 0.0900. The second-order valence-electron chi connectivity index (χ2n) is 5.66. The average Bonchev–Trinajstić information content (AvgIpc) is 2.59. The van der Waals surface area contributed by atoms with Crippen molar-refractivity contribution in [2.24, 2.45) is 0 Å². The van der Waals surface area contributed by atoms with Crippen LogP contribution < -0.4 is 15.2 Å². The highest BCUT2D eigenvalue weighted by molar-refractivity contribution is 5.76. The summed E-state index contributed by atoms with van der Waals surface area (Å²) in [5.74, 6) is 1.19. The van der Waals surface area contributed by atoms with Crippen molar-refractivity contribution in [3.05, 3.63) is 53.6 Å². The number of carbonyl (C=O) groups is 1. The van der Waals surface area contributed by atoms with Crippen molar-refractivity contribution in [3.63, 3.8) is 0 Å². The van der Waals surface area contributed by atoms with Gasteiger partial charge in [-0.1, -0.05) is 30.3 Å². The van der Waals surface area contributed by atoms with Crippen LogP contribution in [0.15, 0.2) is 42.5 Å². The predicted octanol–water partition coefficient (Wildman–Crippen LogP) is 2.88. The lowest BCUT2D eigenvalue weighted by molar-refractivity contribution is -0.130. The van der Waals surface area contributed by atoms with Gasteiger partial charge in [-0.25, -0.2) is 0 Å². The van der Waals surface area contributed by atoms with Gasteiger partial charge in [0.1, 0.15) is 0 Å². The van der Waals surface area contributed by atoms with Gasteiger partial charge in [-0.3, -0.25) is 4.79 Å². The molecule has 2 aromatic carbocycles. The van der Waals surface area contributed by atoms with Crippen LogP contribution in [0.25, 0.3) is 0 Å². The third kappa shape index (κ3) is 4.41. The van der Waals surface area contributed by atoms with Gasteiger partial charge >= 0.3 is 0 Å². The van der Waals surface area contributed by atoms with E-state index in [0.29, 0.717) is 36.6 Å². The molecule has 2 aromatic rings. The number of nitrogens with zero attached hydrogens (tertiary/aromatic N) is 1. The largest absolute Gasteiger partial charge is 0.493 e. The van der Waals surface area contributed by atoms with Crippen molar-refractivity contribution in [3.8, 4) is 11.5 Å². The van der Waals surface area contributed by atoms with E-state index in [1.807, 2.05) is 49.5 Å². The molecule has 0 saturated carbocycles. The highest BCUT2D eigenvalue weighted by Crippen LogP contribution is 2.34. The molecule has 0 aliphatic carbocycles. The molecule has 0 aliphatic rings. The van der Waals surface area contributed by atoms with Gasteiger partial charge in [0.05, 0.1) is 19.9 Å². The number of hydrogen-bond donors (Lipinski definition) is 1. The Labute approximate surface area is 143 Å². The number of anilines is 1. The summed E-state index contributed by atoms with van der Waals surface area (Å²) in [6.07, 6.45) is 1.01. The molecule has 5 heteroatoms. The number of hydrogen-bond acceptors (Lipinski definition) is 4. The topological polar surface area (TPSA) is 64.8 Å². The van der Waals surface area contributed by atoms with E-state index >= 15 is 0 Å². The third-order valence-corrected chi connectivity index (χ3v) is 3.88. The lowest BCUT2D eigenvalue weighted by Crippen LogP contribution is -2.26. The summed E-state index contributed by atoms with van der Waals surface area (Å²) in [6, 6.07) is 13.6. The molecule has 0 heterocycles. The standard InChI is InChI=1S/C19H24N2O3/c1-21(13-14-7-5-4-6-8-14)18(22)10-9-15-11-16(20)19(24-3)17(12-15)23-2/h4-8,11-12H,9-10,13,20H2,1-3H3. The Bertz CT molecular complexity index is 687. The first-order valence-corrected chi connectivity index (χ1v) is 7.83. The zero-order valence-electron chi connectivity index (χ0n) is 14.4. The molecule has 0 aliphatic heterocycles. The SMILES string of the molecule is COc1cc(CCC(=O)N(C)Cc2ccccc2)cc(N)c1OC. The zero-order valence-corrected chi connectivity index (χ0v) is 14.4. The van der Waals surface area contributed by atoms with Crippen molar-refractivity contribution in [2.75, 3.05) is 27.0 Å². The van der Waals surface area contributed by atoms with Crippen LogP contribution in [0.3, 0.4) is 0 Å². The second kappa shape index (κ2) is 8.24. The Balaban J connectivity index is 1.97. The number of rotatable bonds is 7. The molecule has 2 N–H and O–H groups in total. The van der Waals surface area contributed by atoms with E-state index in [2.05, 4.69) is 0 Å². The van der Waals surface area contributed by atoms with E-state index in [0.717, 1.165) is 11.1 Å². The van der Waals surface area contributed by atoms with Crippen molar-refractivity contribution in [1.29, 1.82) is 0 Å². The highest BCUT2D eigenvalue weighted by atomic mass is 16.5. The normalized spacial score (nSPS) is 10.3. The summed E-state index contributed by atoms with van der Waals surface area (Å²) < 4.78 is 10.5. The molecule has 0 fully saturated rings. The van der Waals surface area contributed by atoms with Crippen molar-refractivity contribution >= 4 is 11.6 Å². The van der Waals surface area contributed by atoms with Crippen LogP contribution in [0.4, 0.5) is 5.69 Å². The minimum atomic E-state index is 0.0900. The molecule has 0 spiro atoms. The van der Waals surface area contributed by atoms with Gasteiger partial charge in [0, 0.05) is 20.0 Å². The zero-order chi connectivity index (χ0) is 17.5. The Hall–Kier alpha value is -2.69. The fourth-order valence-corrected chi connectivity index (χ4v) is 2.59. The summed E-state index contributed by atoms with van der Waals surface area (Å²) in [6.45, 7) is 0.605. The van der Waals surface area contributed by atoms with Gasteiger partial charge in [0.15, 0.2) is 11.5 Å². The molecule has 1 amide bonds. The van der Waals surface area contributed by atoms with Crippen LogP contribution in [-0.4, -0.2) is 32.1 Å². The molecule has 0 unspecified atom stereocenters. The molecular formula is C19H24N2O3. The number of benzene rings is 2. The molecule has 0 radical (unpaired) electrons. The molecule has 24 heavy (non-hydrogen) atoms. The second-order valence-corrected chi connectivity index (χ2v) is 5.66. The number of nitrogens with two attached hydrogens (primary N) is 1. The summed E-state index contributed by atoms with van der Waals surface area (Å²) in [5, 5.41) is 0. The van der Waals surface area contributed by atoms with E-state index in [4.69, 9.17) is 15.2 Å². The molecule has 0 saturated heterocycles. The quantitative estimate of drug-likeness (QED) is 0.794. The van der Waals surface area contributed by atoms with E-state index in [9.17, 15) is 4.79 Å². The smallest absolute Gasteiger partial charge is 0.222 e. The van der Waals surface area contributed by atoms with Crippen LogP contribution >= 0.6 is 0 Å². The monoisotopic (exact) mass is 328 g/mol. The van der Waals surface area contributed by atoms with Crippen molar-refractivity contribution in [1.82, 2.24) is 4.90 Å². The average molecular weight is 328 g/mol. The molecule has 128 valence electrons. The predicted molar refractivity (Wildman–Crippen MR) is 95.2 cm³/mol. The number of ether oxygens (including phenoxy) is 2. The molecule has 0 bridgehead atoms. The van der Waals surface area contributed by atoms with Gasteiger partial charge in [0.25, 0.3) is 0 Å². The fraction of sp³-hybridized carbons (Fsp3) is 0.316. The van der Waals surface area contributed by atoms with E-state index in [1.165, 1.54) is 0 Å². The minimum Gasteiger partial charge on any atom is -0.493 e. The van der Waals surface area contributed by atoms with Gasteiger partial charge in [-0.2, -0.15) is 0 Å². The van der Waals surface area contributed by atoms with Crippen LogP contribution in [0, 0.1) is 0 Å². The molecule has 2 rings (SSSR count). The fourth-order valence-electron chi connectivity index (χ4n) is 2.59. The third-order valence-electron chi connectivity index (χ3n) is 3.88. The number of carbonyl (C=O) groups excluding carboxylic acids is 1. The molecule has 0 aromatic heterocycles. The number of amides is 1. The maximum Gasteiger partial charge on any atom is 0.222 e. The van der Waals surface area contributed by atoms with Crippen molar-refractivity contribution < 1.29 is 14.3 Å². The van der Waals surface area contributed by atoms with E-state index in [-0.39, 0.29) is 5.91 Å². The summed E-state index contributed by atoms with van der Waals surface area (Å²) in [4.78, 5) is 14.1. The van der Waals surface area contributed by atoms with E-state index < -0.39 is 0 Å². The van der Waals surface area contributed by atoms with Gasteiger partial charge in [-0.05, 0) is 29.7 Å². The lowest BCUT2D eigenvalue weighted by atomic mass is 10.1. The van der Waals surface area contributed by atoms with Gasteiger partial charge in [0.2, 0.25) is 5.91 Å². The van der Waals surface area contributed by atoms with E-state index in [1.54, 1.807) is 19.1 Å². The van der Waals surface area contributed by atoms with Crippen LogP contribution in [0.2, 0.25) is 0 Å². The van der Waals surface area contributed by atoms with Gasteiger partial charge < -0.3 is 20.1 Å². The van der Waals surface area contributed by atoms with Crippen molar-refractivity contribution in [2.45, 2.75) is 19.4 Å². The molecular weight excluding hydrogens is 304 g/mol. The van der Waals surface area contributed by atoms with Crippen LogP contribution in [0.5, 0.6) is 11.5 Å². The Kier molecular flexibility index (Phi) is 6.07. The Morgan fingerprint density at radius 2 is 1.79 bits per heavy atom. The first-order valence-electron chi connectivity index (χ1n) is 7.83. The van der Waals surface area contributed by atoms with Crippen LogP contribution in [0.1, 0.15) is 17.5 Å². The number of nitrogen functional groups attached to an aromatic ring is 1. The summed E-state index contributed by atoms with van der Waals surface area (Å²) in [5.41, 5.74) is 8.55. The summed E-state index contributed by atoms with van der Waals surface area (Å²) in [7, 11) is 4.94. The number of methoxy groups -OCH3 is 2. The maximum absolute atomic E-state index is 12.3. The number of aryl methyl sites for hydroxylation is 1. The first-order chi connectivity index (χ1) is 11.5.